The molecule has 4 nitrogen and oxygen atoms in total. The lowest BCUT2D eigenvalue weighted by Gasteiger charge is -1.95. The molecule has 60 valence electrons. The predicted molar refractivity (Wildman–Crippen MR) is 45.0 cm³/mol. The van der Waals surface area contributed by atoms with Gasteiger partial charge >= 0.3 is 0 Å². The second-order valence-electron chi connectivity index (χ2n) is 1.94. The number of nitrogens with one attached hydrogen (secondary N) is 1. The summed E-state index contributed by atoms with van der Waals surface area (Å²) >= 11 is 0. The number of halogens is 1. The van der Waals surface area contributed by atoms with Gasteiger partial charge in [0.15, 0.2) is 11.7 Å². The molecule has 0 unspecified atom stereocenters. The third kappa shape index (κ3) is 2.51. The lowest BCUT2D eigenvalue weighted by molar-refractivity contribution is 1.06. The van der Waals surface area contributed by atoms with Gasteiger partial charge in [0.1, 0.15) is 0 Å². The first-order valence-electron chi connectivity index (χ1n) is 2.84. The van der Waals surface area contributed by atoms with Crippen LogP contribution in [0.2, 0.25) is 0 Å². The first kappa shape index (κ1) is 9.84. The van der Waals surface area contributed by atoms with E-state index >= 15 is 0 Å². The Bertz CT molecular complexity index is 261. The van der Waals surface area contributed by atoms with Crippen molar-refractivity contribution in [3.63, 3.8) is 0 Å². The summed E-state index contributed by atoms with van der Waals surface area (Å²) in [4.78, 5) is 7.69. The highest BCUT2D eigenvalue weighted by atomic mass is 35.5. The molecule has 0 aliphatic rings. The lowest BCUT2D eigenvalue weighted by Crippen LogP contribution is -2.15. The molecule has 0 radical (unpaired) electrons. The largest absolute Gasteiger partial charge is 0.381 e. The molecule has 0 aromatic carbocycles. The van der Waals surface area contributed by atoms with Crippen LogP contribution < -0.4 is 5.73 Å². The summed E-state index contributed by atoms with van der Waals surface area (Å²) in [5.74, 6) is 0.198. The minimum atomic E-state index is -0.0938. The van der Waals surface area contributed by atoms with Gasteiger partial charge in [-0.2, -0.15) is 0 Å². The summed E-state index contributed by atoms with van der Waals surface area (Å²) in [7, 11) is 0. The molecule has 11 heavy (non-hydrogen) atoms. The van der Waals surface area contributed by atoms with E-state index in [9.17, 15) is 0 Å². The van der Waals surface area contributed by atoms with Crippen molar-refractivity contribution in [2.45, 2.75) is 6.92 Å². The number of nitrogens with two attached hydrogens (primary N) is 1. The minimum absolute atomic E-state index is 0. The van der Waals surface area contributed by atoms with E-state index in [1.54, 1.807) is 12.3 Å². The Morgan fingerprint density at radius 2 is 2.27 bits per heavy atom. The van der Waals surface area contributed by atoms with E-state index in [2.05, 4.69) is 9.97 Å². The van der Waals surface area contributed by atoms with Gasteiger partial charge in [0.05, 0.1) is 0 Å². The standard InChI is InChI=1S/C6H8N4.ClH/c1-4-2-3-9-6(10-4)5(7)8;/h2-3H,1H3,(H3,7,8);1H. The predicted octanol–water partition coefficient (Wildman–Crippen LogP) is 0.491. The second kappa shape index (κ2) is 3.88. The highest BCUT2D eigenvalue weighted by molar-refractivity contribution is 5.91. The van der Waals surface area contributed by atoms with Crippen molar-refractivity contribution < 1.29 is 0 Å². The van der Waals surface area contributed by atoms with Crippen LogP contribution >= 0.6 is 12.4 Å². The Hall–Kier alpha value is -1.16. The number of aromatic nitrogens is 2. The van der Waals surface area contributed by atoms with Gasteiger partial charge in [-0.15, -0.1) is 12.4 Å². The molecule has 1 heterocycles. The second-order valence-corrected chi connectivity index (χ2v) is 1.94. The van der Waals surface area contributed by atoms with Crippen molar-refractivity contribution in [2.24, 2.45) is 5.73 Å². The van der Waals surface area contributed by atoms with Gasteiger partial charge in [-0.05, 0) is 13.0 Å². The van der Waals surface area contributed by atoms with E-state index < -0.39 is 0 Å². The molecule has 0 bridgehead atoms. The van der Waals surface area contributed by atoms with E-state index in [4.69, 9.17) is 11.1 Å². The van der Waals surface area contributed by atoms with Crippen LogP contribution in [0.4, 0.5) is 0 Å². The molecule has 3 N–H and O–H groups in total. The zero-order chi connectivity index (χ0) is 7.56. The number of nitrogen functional groups attached to an aromatic ring is 1. The minimum Gasteiger partial charge on any atom is -0.381 e. The third-order valence-electron chi connectivity index (χ3n) is 1.04. The van der Waals surface area contributed by atoms with Crippen LogP contribution in [-0.4, -0.2) is 15.8 Å². The van der Waals surface area contributed by atoms with Crippen molar-refractivity contribution in [1.29, 1.82) is 5.41 Å². The summed E-state index contributed by atoms with van der Waals surface area (Å²) in [6.07, 6.45) is 1.58. The Kier molecular flexibility index (Phi) is 3.47. The monoisotopic (exact) mass is 172 g/mol. The third-order valence-corrected chi connectivity index (χ3v) is 1.04. The van der Waals surface area contributed by atoms with Gasteiger partial charge in [-0.25, -0.2) is 9.97 Å². The van der Waals surface area contributed by atoms with Gasteiger partial charge < -0.3 is 5.73 Å². The zero-order valence-corrected chi connectivity index (χ0v) is 6.85. The number of nitrogens with zero attached hydrogens (tertiary/aromatic N) is 2. The van der Waals surface area contributed by atoms with Crippen LogP contribution in [0.15, 0.2) is 12.3 Å². The Morgan fingerprint density at radius 1 is 1.64 bits per heavy atom. The molecule has 1 aromatic heterocycles. The zero-order valence-electron chi connectivity index (χ0n) is 6.03. The fraction of sp³-hybridized carbons (Fsp3) is 0.167. The molecule has 0 amide bonds. The Labute approximate surface area is 70.8 Å². The maximum absolute atomic E-state index is 6.98. The molecule has 0 aliphatic carbocycles. The van der Waals surface area contributed by atoms with Gasteiger partial charge in [-0.1, -0.05) is 0 Å². The summed E-state index contributed by atoms with van der Waals surface area (Å²) in [6, 6.07) is 1.76. The molecule has 5 heteroatoms. The molecule has 0 atom stereocenters. The molecule has 0 saturated carbocycles. The van der Waals surface area contributed by atoms with Crippen molar-refractivity contribution in [3.8, 4) is 0 Å². The van der Waals surface area contributed by atoms with E-state index in [1.165, 1.54) is 0 Å². The topological polar surface area (TPSA) is 75.7 Å². The number of aryl methyl sites for hydroxylation is 1. The average molecular weight is 173 g/mol. The number of amidine groups is 1. The quantitative estimate of drug-likeness (QED) is 0.478. The number of rotatable bonds is 1. The van der Waals surface area contributed by atoms with Crippen LogP contribution in [0.5, 0.6) is 0 Å². The summed E-state index contributed by atoms with van der Waals surface area (Å²) in [6.45, 7) is 1.83. The molecule has 0 spiro atoms. The van der Waals surface area contributed by atoms with E-state index in [-0.39, 0.29) is 18.2 Å². The van der Waals surface area contributed by atoms with Crippen molar-refractivity contribution >= 4 is 18.2 Å². The summed E-state index contributed by atoms with van der Waals surface area (Å²) in [5.41, 5.74) is 5.96. The van der Waals surface area contributed by atoms with E-state index in [0.717, 1.165) is 5.69 Å². The lowest BCUT2D eigenvalue weighted by atomic mass is 10.4. The fourth-order valence-corrected chi connectivity index (χ4v) is 0.579. The highest BCUT2D eigenvalue weighted by Gasteiger charge is 1.96. The van der Waals surface area contributed by atoms with E-state index in [1.807, 2.05) is 6.92 Å². The van der Waals surface area contributed by atoms with Crippen molar-refractivity contribution in [1.82, 2.24) is 9.97 Å². The van der Waals surface area contributed by atoms with E-state index in [0.29, 0.717) is 5.82 Å². The Balaban J connectivity index is 0.000001000. The van der Waals surface area contributed by atoms with Gasteiger partial charge in [0, 0.05) is 11.9 Å². The number of hydrogen-bond acceptors (Lipinski definition) is 3. The Morgan fingerprint density at radius 3 is 2.64 bits per heavy atom. The van der Waals surface area contributed by atoms with Crippen molar-refractivity contribution in [2.75, 3.05) is 0 Å². The van der Waals surface area contributed by atoms with Gasteiger partial charge in [-0.3, -0.25) is 5.41 Å². The molecular weight excluding hydrogens is 164 g/mol. The molecule has 0 aliphatic heterocycles. The smallest absolute Gasteiger partial charge is 0.194 e. The maximum Gasteiger partial charge on any atom is 0.194 e. The highest BCUT2D eigenvalue weighted by Crippen LogP contribution is 1.90. The summed E-state index contributed by atoms with van der Waals surface area (Å²) in [5, 5.41) is 6.98. The SMILES string of the molecule is Cc1ccnc(C(=N)N)n1.Cl. The fourth-order valence-electron chi connectivity index (χ4n) is 0.579. The van der Waals surface area contributed by atoms with Crippen LogP contribution in [0.25, 0.3) is 0 Å². The number of hydrogen-bond donors (Lipinski definition) is 2. The van der Waals surface area contributed by atoms with Crippen LogP contribution in [-0.2, 0) is 0 Å². The first-order valence-corrected chi connectivity index (χ1v) is 2.84. The molecule has 0 saturated heterocycles. The molecule has 0 fully saturated rings. The maximum atomic E-state index is 6.98. The van der Waals surface area contributed by atoms with Crippen LogP contribution in [0, 0.1) is 12.3 Å². The normalized spacial score (nSPS) is 8.45. The molecule has 1 aromatic rings. The summed E-state index contributed by atoms with van der Waals surface area (Å²) < 4.78 is 0. The van der Waals surface area contributed by atoms with Crippen molar-refractivity contribution in [3.05, 3.63) is 23.8 Å². The van der Waals surface area contributed by atoms with Gasteiger partial charge in [0.25, 0.3) is 0 Å². The van der Waals surface area contributed by atoms with Crippen LogP contribution in [0.3, 0.4) is 0 Å². The molecule has 1 rings (SSSR count). The van der Waals surface area contributed by atoms with Gasteiger partial charge in [0.2, 0.25) is 0 Å². The molecular formula is C6H9ClN4. The van der Waals surface area contributed by atoms with Crippen LogP contribution in [0.1, 0.15) is 11.5 Å². The first-order chi connectivity index (χ1) is 4.70. The average Bonchev–Trinajstić information content (AvgIpc) is 1.88.